The molecule has 0 saturated carbocycles. The second-order valence-electron chi connectivity index (χ2n) is 14.1. The second kappa shape index (κ2) is 10.4. The van der Waals surface area contributed by atoms with Gasteiger partial charge < -0.3 is 9.13 Å². The minimum absolute atomic E-state index is 0.524. The average molecular weight is 679 g/mol. The fourth-order valence-electron chi connectivity index (χ4n) is 9.50. The summed E-state index contributed by atoms with van der Waals surface area (Å²) in [6.07, 6.45) is 0. The van der Waals surface area contributed by atoms with Crippen LogP contribution >= 0.6 is 11.8 Å². The molecule has 1 spiro atoms. The zero-order chi connectivity index (χ0) is 34.0. The van der Waals surface area contributed by atoms with Crippen molar-refractivity contribution in [3.8, 4) is 22.5 Å². The maximum Gasteiger partial charge on any atom is 0.0765 e. The zero-order valence-corrected chi connectivity index (χ0v) is 28.9. The Morgan fingerprint density at radius 2 is 0.981 bits per heavy atom. The third-order valence-electron chi connectivity index (χ3n) is 11.6. The van der Waals surface area contributed by atoms with E-state index in [4.69, 9.17) is 0 Å². The first-order valence-electron chi connectivity index (χ1n) is 17.9. The van der Waals surface area contributed by atoms with Gasteiger partial charge in [0.25, 0.3) is 0 Å². The third-order valence-corrected chi connectivity index (χ3v) is 12.7. The van der Waals surface area contributed by atoms with E-state index in [0.717, 1.165) is 5.69 Å². The summed E-state index contributed by atoms with van der Waals surface area (Å²) in [6.45, 7) is 0. The summed E-state index contributed by atoms with van der Waals surface area (Å²) in [5.74, 6) is 0. The van der Waals surface area contributed by atoms with Crippen molar-refractivity contribution in [1.82, 2.24) is 9.13 Å². The molecule has 3 heteroatoms. The van der Waals surface area contributed by atoms with Gasteiger partial charge in [-0.25, -0.2) is 0 Å². The van der Waals surface area contributed by atoms with E-state index in [1.807, 2.05) is 11.8 Å². The van der Waals surface area contributed by atoms with E-state index >= 15 is 0 Å². The number of hydrogen-bond acceptors (Lipinski definition) is 1. The Morgan fingerprint density at radius 3 is 1.81 bits per heavy atom. The van der Waals surface area contributed by atoms with Crippen molar-refractivity contribution in [1.29, 1.82) is 0 Å². The second-order valence-corrected chi connectivity index (χ2v) is 15.1. The highest BCUT2D eigenvalue weighted by molar-refractivity contribution is 7.99. The molecule has 10 aromatic rings. The van der Waals surface area contributed by atoms with Crippen LogP contribution in [0.1, 0.15) is 22.3 Å². The fourth-order valence-corrected chi connectivity index (χ4v) is 10.7. The molecule has 0 aliphatic carbocycles. The van der Waals surface area contributed by atoms with Crippen LogP contribution < -0.4 is 0 Å². The van der Waals surface area contributed by atoms with Gasteiger partial charge in [-0.05, 0) is 81.9 Å². The fraction of sp³-hybridized carbons (Fsp3) is 0.0204. The van der Waals surface area contributed by atoms with Crippen molar-refractivity contribution < 1.29 is 0 Å². The molecule has 2 aromatic heterocycles. The predicted octanol–water partition coefficient (Wildman–Crippen LogP) is 12.7. The molecule has 2 aliphatic rings. The molecule has 4 heterocycles. The Balaban J connectivity index is 1.22. The van der Waals surface area contributed by atoms with Crippen molar-refractivity contribution in [2.24, 2.45) is 0 Å². The SMILES string of the molecule is c1ccc(-c2ccc(-n3c4ccccc4c4cc5c(cc43)C3(c4ccccc4S5)c4ccccc4-n4c5ccccc5c5cccc3c54)cc2)cc1. The molecule has 12 rings (SSSR count). The van der Waals surface area contributed by atoms with E-state index in [0.29, 0.717) is 0 Å². The molecule has 242 valence electrons. The molecule has 52 heavy (non-hydrogen) atoms. The van der Waals surface area contributed by atoms with Crippen LogP contribution in [0.3, 0.4) is 0 Å². The van der Waals surface area contributed by atoms with Crippen molar-refractivity contribution >= 4 is 55.4 Å². The van der Waals surface area contributed by atoms with Gasteiger partial charge >= 0.3 is 0 Å². The Bertz CT molecular complexity index is 3090. The molecule has 1 atom stereocenters. The van der Waals surface area contributed by atoms with E-state index in [-0.39, 0.29) is 0 Å². The summed E-state index contributed by atoms with van der Waals surface area (Å²) in [5, 5.41) is 5.14. The molecule has 0 radical (unpaired) electrons. The molecule has 2 nitrogen and oxygen atoms in total. The van der Waals surface area contributed by atoms with Crippen LogP contribution in [0.2, 0.25) is 0 Å². The highest BCUT2D eigenvalue weighted by atomic mass is 32.2. The Kier molecular flexibility index (Phi) is 5.67. The highest BCUT2D eigenvalue weighted by Crippen LogP contribution is 2.61. The van der Waals surface area contributed by atoms with Gasteiger partial charge in [-0.2, -0.15) is 0 Å². The van der Waals surface area contributed by atoms with Gasteiger partial charge in [0.05, 0.1) is 33.2 Å². The normalized spacial score (nSPS) is 15.7. The van der Waals surface area contributed by atoms with E-state index in [9.17, 15) is 0 Å². The topological polar surface area (TPSA) is 9.86 Å². The first-order chi connectivity index (χ1) is 25.8. The number of hydrogen-bond donors (Lipinski definition) is 0. The van der Waals surface area contributed by atoms with E-state index in [2.05, 4.69) is 191 Å². The van der Waals surface area contributed by atoms with Gasteiger partial charge in [-0.15, -0.1) is 0 Å². The summed E-state index contributed by atoms with van der Waals surface area (Å²) in [4.78, 5) is 2.62. The minimum Gasteiger partial charge on any atom is -0.309 e. The third kappa shape index (κ3) is 3.56. The Morgan fingerprint density at radius 1 is 0.365 bits per heavy atom. The summed E-state index contributed by atoms with van der Waals surface area (Å²) in [7, 11) is 0. The van der Waals surface area contributed by atoms with Gasteiger partial charge in [0.15, 0.2) is 0 Å². The smallest absolute Gasteiger partial charge is 0.0765 e. The van der Waals surface area contributed by atoms with Gasteiger partial charge in [0.2, 0.25) is 0 Å². The largest absolute Gasteiger partial charge is 0.309 e. The van der Waals surface area contributed by atoms with Crippen LogP contribution in [-0.2, 0) is 5.41 Å². The average Bonchev–Trinajstić information content (AvgIpc) is 3.72. The van der Waals surface area contributed by atoms with Crippen molar-refractivity contribution in [3.05, 3.63) is 204 Å². The monoisotopic (exact) mass is 678 g/mol. The van der Waals surface area contributed by atoms with Crippen LogP contribution in [0, 0.1) is 0 Å². The van der Waals surface area contributed by atoms with E-state index < -0.39 is 5.41 Å². The molecular weight excluding hydrogens is 649 g/mol. The van der Waals surface area contributed by atoms with Crippen molar-refractivity contribution in [2.75, 3.05) is 0 Å². The Labute approximate surface area is 305 Å². The molecule has 2 aliphatic heterocycles. The van der Waals surface area contributed by atoms with Gasteiger partial charge in [-0.3, -0.25) is 0 Å². The maximum atomic E-state index is 2.53. The van der Waals surface area contributed by atoms with Crippen LogP contribution in [0.4, 0.5) is 0 Å². The number of nitrogens with zero attached hydrogens (tertiary/aromatic N) is 2. The van der Waals surface area contributed by atoms with Gasteiger partial charge in [-0.1, -0.05) is 145 Å². The first-order valence-corrected chi connectivity index (χ1v) is 18.8. The first kappa shape index (κ1) is 28.4. The van der Waals surface area contributed by atoms with Crippen LogP contribution in [0.25, 0.3) is 66.1 Å². The summed E-state index contributed by atoms with van der Waals surface area (Å²) in [6, 6.07) is 67.7. The number of benzene rings is 8. The number of rotatable bonds is 2. The molecule has 8 aromatic carbocycles. The summed E-state index contributed by atoms with van der Waals surface area (Å²) < 4.78 is 5.00. The van der Waals surface area contributed by atoms with Crippen molar-refractivity contribution in [3.63, 3.8) is 0 Å². The lowest BCUT2D eigenvalue weighted by Crippen LogP contribution is -2.37. The Hall–Kier alpha value is -6.29. The lowest BCUT2D eigenvalue weighted by atomic mass is 9.62. The van der Waals surface area contributed by atoms with Crippen LogP contribution in [-0.4, -0.2) is 9.13 Å². The molecule has 0 bridgehead atoms. The summed E-state index contributed by atoms with van der Waals surface area (Å²) in [5.41, 5.74) is 14.7. The summed E-state index contributed by atoms with van der Waals surface area (Å²) >= 11 is 1.91. The van der Waals surface area contributed by atoms with Crippen LogP contribution in [0.15, 0.2) is 192 Å². The standard InChI is InChI=1S/C49H30N2S/c1-2-13-31(14-3-1)32-25-27-33(28-26-32)50-42-21-8-5-16-35(42)37-29-47-41(30-45(37)50)49(39-19-7-11-24-46(39)52-47)38-18-6-10-23-44(38)51-43-22-9-4-15-34(43)36-17-12-20-40(49)48(36)51/h1-30H. The molecule has 1 unspecified atom stereocenters. The van der Waals surface area contributed by atoms with E-state index in [1.54, 1.807) is 0 Å². The molecule has 0 saturated heterocycles. The molecular formula is C49H30N2S. The maximum absolute atomic E-state index is 2.53. The lowest BCUT2D eigenvalue weighted by Gasteiger charge is -2.45. The highest BCUT2D eigenvalue weighted by Gasteiger charge is 2.49. The number of para-hydroxylation sites is 4. The molecule has 0 amide bonds. The van der Waals surface area contributed by atoms with Crippen molar-refractivity contribution in [2.45, 2.75) is 15.2 Å². The number of fused-ring (bicyclic) bond motifs is 14. The van der Waals surface area contributed by atoms with Crippen LogP contribution in [0.5, 0.6) is 0 Å². The lowest BCUT2D eigenvalue weighted by molar-refractivity contribution is 0.690. The minimum atomic E-state index is -0.524. The van der Waals surface area contributed by atoms with Gasteiger partial charge in [0, 0.05) is 37.0 Å². The van der Waals surface area contributed by atoms with Gasteiger partial charge in [0.1, 0.15) is 0 Å². The molecule has 0 N–H and O–H groups in total. The predicted molar refractivity (Wildman–Crippen MR) is 217 cm³/mol. The zero-order valence-electron chi connectivity index (χ0n) is 28.1. The number of aromatic nitrogens is 2. The van der Waals surface area contributed by atoms with E-state index in [1.165, 1.54) is 92.5 Å². The quantitative estimate of drug-likeness (QED) is 0.177. The molecule has 0 fully saturated rings.